The first-order chi connectivity index (χ1) is 9.33. The predicted octanol–water partition coefficient (Wildman–Crippen LogP) is 5.21. The van der Waals surface area contributed by atoms with Crippen LogP contribution in [-0.4, -0.2) is 18.0 Å². The molecule has 0 atom stereocenters. The average molecular weight is 353 g/mol. The number of nitrogens with zero attached hydrogens (tertiary/aromatic N) is 1. The average Bonchev–Trinajstić information content (AvgIpc) is 2.80. The molecule has 1 N–H and O–H groups in total. The van der Waals surface area contributed by atoms with Gasteiger partial charge in [-0.1, -0.05) is 57.5 Å². The molecule has 0 spiro atoms. The number of aromatic amines is 1. The summed E-state index contributed by atoms with van der Waals surface area (Å²) in [4.78, 5) is 7.87. The second-order valence-electron chi connectivity index (χ2n) is 6.62. The maximum absolute atomic E-state index is 4.66. The maximum atomic E-state index is 4.66. The van der Waals surface area contributed by atoms with E-state index in [9.17, 15) is 0 Å². The molecule has 0 radical (unpaired) electrons. The molecular formula is C16H25BrN2Si. The highest BCUT2D eigenvalue weighted by Crippen LogP contribution is 2.42. The Morgan fingerprint density at radius 3 is 2.10 bits per heavy atom. The van der Waals surface area contributed by atoms with Gasteiger partial charge in [0, 0.05) is 22.3 Å². The Kier molecular flexibility index (Phi) is 4.45. The minimum atomic E-state index is -1.66. The van der Waals surface area contributed by atoms with Crippen LogP contribution in [0.2, 0.25) is 16.6 Å². The Morgan fingerprint density at radius 2 is 1.60 bits per heavy atom. The third kappa shape index (κ3) is 2.17. The van der Waals surface area contributed by atoms with Gasteiger partial charge in [0.1, 0.15) is 5.65 Å². The summed E-state index contributed by atoms with van der Waals surface area (Å²) < 4.78 is 1.26. The molecule has 2 nitrogen and oxygen atoms in total. The van der Waals surface area contributed by atoms with Gasteiger partial charge >= 0.3 is 0 Å². The monoisotopic (exact) mass is 352 g/mol. The van der Waals surface area contributed by atoms with Crippen LogP contribution >= 0.6 is 15.9 Å². The highest BCUT2D eigenvalue weighted by atomic mass is 79.9. The van der Waals surface area contributed by atoms with Crippen molar-refractivity contribution in [3.8, 4) is 0 Å². The summed E-state index contributed by atoms with van der Waals surface area (Å²) in [6, 6.07) is 2.12. The molecule has 20 heavy (non-hydrogen) atoms. The van der Waals surface area contributed by atoms with Crippen LogP contribution in [0.5, 0.6) is 0 Å². The van der Waals surface area contributed by atoms with Crippen molar-refractivity contribution >= 4 is 40.2 Å². The van der Waals surface area contributed by atoms with Crippen molar-refractivity contribution in [2.45, 2.75) is 58.2 Å². The number of nitrogens with one attached hydrogen (secondary N) is 1. The summed E-state index contributed by atoms with van der Waals surface area (Å²) >= 11 is 3.88. The molecule has 0 fully saturated rings. The lowest BCUT2D eigenvalue weighted by Gasteiger charge is -2.44. The van der Waals surface area contributed by atoms with Crippen molar-refractivity contribution in [2.75, 3.05) is 0 Å². The zero-order valence-electron chi connectivity index (χ0n) is 13.3. The molecule has 0 unspecified atom stereocenters. The second-order valence-corrected chi connectivity index (χ2v) is 13.3. The topological polar surface area (TPSA) is 28.7 Å². The first-order valence-electron chi connectivity index (χ1n) is 7.45. The van der Waals surface area contributed by atoms with Crippen LogP contribution in [0.1, 0.15) is 41.5 Å². The number of hydrogen-bond acceptors (Lipinski definition) is 1. The van der Waals surface area contributed by atoms with E-state index in [0.717, 1.165) is 5.65 Å². The molecule has 0 aromatic carbocycles. The first kappa shape index (κ1) is 15.8. The lowest BCUT2D eigenvalue weighted by molar-refractivity contribution is 0.834. The molecule has 2 rings (SSSR count). The van der Waals surface area contributed by atoms with Gasteiger partial charge in [0.25, 0.3) is 0 Å². The van der Waals surface area contributed by atoms with E-state index in [-0.39, 0.29) is 0 Å². The smallest absolute Gasteiger partial charge is 0.138 e. The molecule has 0 aliphatic carbocycles. The second kappa shape index (κ2) is 5.64. The lowest BCUT2D eigenvalue weighted by atomic mass is 10.3. The summed E-state index contributed by atoms with van der Waals surface area (Å²) in [5.74, 6) is 0. The van der Waals surface area contributed by atoms with E-state index < -0.39 is 8.07 Å². The van der Waals surface area contributed by atoms with Gasteiger partial charge in [-0.05, 0) is 27.9 Å². The highest BCUT2D eigenvalue weighted by molar-refractivity contribution is 9.10. The summed E-state index contributed by atoms with van der Waals surface area (Å²) in [5, 5.41) is 2.69. The molecule has 0 aliphatic heterocycles. The van der Waals surface area contributed by atoms with Crippen LogP contribution in [0.3, 0.4) is 0 Å². The number of rotatable bonds is 4. The summed E-state index contributed by atoms with van der Waals surface area (Å²) in [6.45, 7) is 14.3. The summed E-state index contributed by atoms with van der Waals surface area (Å²) in [7, 11) is -1.66. The molecule has 0 saturated carbocycles. The van der Waals surface area contributed by atoms with Crippen LogP contribution in [0.4, 0.5) is 0 Å². The van der Waals surface area contributed by atoms with E-state index in [1.807, 2.05) is 6.20 Å². The van der Waals surface area contributed by atoms with Crippen LogP contribution in [0.25, 0.3) is 11.0 Å². The van der Waals surface area contributed by atoms with E-state index in [1.165, 1.54) is 15.0 Å². The number of halogens is 1. The van der Waals surface area contributed by atoms with Crippen molar-refractivity contribution in [3.05, 3.63) is 22.9 Å². The number of hydrogen-bond donors (Lipinski definition) is 1. The predicted molar refractivity (Wildman–Crippen MR) is 94.5 cm³/mol. The normalized spacial score (nSPS) is 13.1. The van der Waals surface area contributed by atoms with E-state index in [4.69, 9.17) is 0 Å². The minimum Gasteiger partial charge on any atom is -0.346 e. The molecule has 2 aromatic rings. The van der Waals surface area contributed by atoms with E-state index in [0.29, 0.717) is 16.6 Å². The molecule has 2 heterocycles. The third-order valence-electron chi connectivity index (χ3n) is 4.85. The fourth-order valence-corrected chi connectivity index (χ4v) is 12.3. The first-order valence-corrected chi connectivity index (χ1v) is 10.5. The minimum absolute atomic E-state index is 0.692. The lowest BCUT2D eigenvalue weighted by Crippen LogP contribution is -2.56. The molecule has 0 bridgehead atoms. The molecule has 0 aliphatic rings. The quantitative estimate of drug-likeness (QED) is 0.751. The Balaban J connectivity index is 2.77. The van der Waals surface area contributed by atoms with Crippen molar-refractivity contribution in [1.29, 1.82) is 0 Å². The standard InChI is InChI=1S/C16H25BrN2Si/c1-10(2)20(11(3)4,12(5)6)14-9-19-16-13(15(14)17)7-8-18-16/h7-12H,1-6H3,(H,18,19). The van der Waals surface area contributed by atoms with Gasteiger partial charge in [-0.25, -0.2) is 4.98 Å². The van der Waals surface area contributed by atoms with Gasteiger partial charge in [-0.2, -0.15) is 0 Å². The highest BCUT2D eigenvalue weighted by Gasteiger charge is 2.45. The third-order valence-corrected chi connectivity index (χ3v) is 13.1. The Hall–Kier alpha value is -0.613. The van der Waals surface area contributed by atoms with E-state index in [2.05, 4.69) is 79.7 Å². The van der Waals surface area contributed by atoms with Crippen molar-refractivity contribution in [2.24, 2.45) is 0 Å². The molecule has 4 heteroatoms. The van der Waals surface area contributed by atoms with Crippen molar-refractivity contribution in [3.63, 3.8) is 0 Å². The van der Waals surface area contributed by atoms with Crippen LogP contribution in [0, 0.1) is 0 Å². The molecule has 2 aromatic heterocycles. The number of aromatic nitrogens is 2. The fourth-order valence-electron chi connectivity index (χ4n) is 4.21. The number of fused-ring (bicyclic) bond motifs is 1. The van der Waals surface area contributed by atoms with E-state index in [1.54, 1.807) is 0 Å². The zero-order chi connectivity index (χ0) is 15.1. The fraction of sp³-hybridized carbons (Fsp3) is 0.562. The largest absolute Gasteiger partial charge is 0.346 e. The summed E-state index contributed by atoms with van der Waals surface area (Å²) in [6.07, 6.45) is 4.09. The van der Waals surface area contributed by atoms with Crippen molar-refractivity contribution in [1.82, 2.24) is 9.97 Å². The van der Waals surface area contributed by atoms with Crippen LogP contribution < -0.4 is 5.19 Å². The molecule has 0 amide bonds. The van der Waals surface area contributed by atoms with Gasteiger partial charge in [-0.15, -0.1) is 0 Å². The van der Waals surface area contributed by atoms with Crippen LogP contribution in [0.15, 0.2) is 22.9 Å². The van der Waals surface area contributed by atoms with Gasteiger partial charge in [0.15, 0.2) is 0 Å². The Bertz CT molecular complexity index is 580. The molecule has 110 valence electrons. The van der Waals surface area contributed by atoms with Crippen LogP contribution in [-0.2, 0) is 0 Å². The summed E-state index contributed by atoms with van der Waals surface area (Å²) in [5.41, 5.74) is 3.05. The van der Waals surface area contributed by atoms with Gasteiger partial charge in [-0.3, -0.25) is 0 Å². The van der Waals surface area contributed by atoms with Gasteiger partial charge < -0.3 is 4.98 Å². The van der Waals surface area contributed by atoms with Gasteiger partial charge in [0.2, 0.25) is 0 Å². The Morgan fingerprint density at radius 1 is 1.05 bits per heavy atom. The maximum Gasteiger partial charge on any atom is 0.138 e. The number of H-pyrrole nitrogens is 1. The SMILES string of the molecule is CC(C)[Si](c1cnc2[nH]ccc2c1Br)(C(C)C)C(C)C. The Labute approximate surface area is 131 Å². The molecule has 0 saturated heterocycles. The van der Waals surface area contributed by atoms with E-state index >= 15 is 0 Å². The molecular weight excluding hydrogens is 328 g/mol. The van der Waals surface area contributed by atoms with Gasteiger partial charge in [0.05, 0.1) is 8.07 Å². The van der Waals surface area contributed by atoms with Crippen molar-refractivity contribution < 1.29 is 0 Å². The number of pyridine rings is 1. The zero-order valence-corrected chi connectivity index (χ0v) is 15.9.